The molecule has 0 radical (unpaired) electrons. The van der Waals surface area contributed by atoms with Crippen molar-refractivity contribution in [3.8, 4) is 12.1 Å². The van der Waals surface area contributed by atoms with Crippen LogP contribution in [0.4, 0.5) is 11.4 Å². The second-order valence-electron chi connectivity index (χ2n) is 7.46. The topological polar surface area (TPSA) is 72.3 Å². The van der Waals surface area contributed by atoms with Crippen molar-refractivity contribution in [1.82, 2.24) is 0 Å². The first-order chi connectivity index (χ1) is 15.7. The summed E-state index contributed by atoms with van der Waals surface area (Å²) in [5.74, 6) is 0. The minimum Gasteiger partial charge on any atom is -0.252 e. The van der Waals surface area contributed by atoms with Gasteiger partial charge in [0.15, 0.2) is 0 Å². The summed E-state index contributed by atoms with van der Waals surface area (Å²) in [7, 11) is 0. The number of aliphatic imine (C=N–C) groups is 2. The van der Waals surface area contributed by atoms with E-state index in [1.54, 1.807) is 0 Å². The molecule has 0 spiro atoms. The fourth-order valence-corrected chi connectivity index (χ4v) is 3.39. The van der Waals surface area contributed by atoms with E-state index < -0.39 is 0 Å². The van der Waals surface area contributed by atoms with Gasteiger partial charge in [0.2, 0.25) is 0 Å². The van der Waals surface area contributed by atoms with E-state index in [-0.39, 0.29) is 0 Å². The molecule has 32 heavy (non-hydrogen) atoms. The van der Waals surface area contributed by atoms with Crippen LogP contribution >= 0.6 is 0 Å². The van der Waals surface area contributed by atoms with Crippen molar-refractivity contribution in [1.29, 1.82) is 10.5 Å². The molecule has 0 unspecified atom stereocenters. The first kappa shape index (κ1) is 22.7. The van der Waals surface area contributed by atoms with Gasteiger partial charge < -0.3 is 0 Å². The van der Waals surface area contributed by atoms with Gasteiger partial charge in [-0.3, -0.25) is 9.98 Å². The highest BCUT2D eigenvalue weighted by atomic mass is 14.8. The van der Waals surface area contributed by atoms with E-state index in [0.29, 0.717) is 12.8 Å². The third kappa shape index (κ3) is 6.76. The van der Waals surface area contributed by atoms with E-state index in [2.05, 4.69) is 43.3 Å². The summed E-state index contributed by atoms with van der Waals surface area (Å²) in [6, 6.07) is 30.4. The number of hydrogen-bond donors (Lipinski definition) is 0. The van der Waals surface area contributed by atoms with Crippen LogP contribution in [0, 0.1) is 22.7 Å². The lowest BCUT2D eigenvalue weighted by Crippen LogP contribution is -2.14. The van der Waals surface area contributed by atoms with E-state index in [1.165, 1.54) is 5.56 Å². The Hall–Kier alpha value is -4.02. The zero-order chi connectivity index (χ0) is 22.6. The number of nitriles is 2. The van der Waals surface area contributed by atoms with Gasteiger partial charge in [0.25, 0.3) is 0 Å². The molecule has 158 valence electrons. The highest BCUT2D eigenvalue weighted by molar-refractivity contribution is 6.43. The first-order valence-electron chi connectivity index (χ1n) is 10.8. The van der Waals surface area contributed by atoms with Crippen molar-refractivity contribution >= 4 is 22.8 Å². The largest absolute Gasteiger partial charge is 0.252 e. The van der Waals surface area contributed by atoms with Crippen molar-refractivity contribution in [2.45, 2.75) is 39.0 Å². The standard InChI is InChI=1S/C28H26N4/c1-2-27(31-25-13-8-23(9-14-25)18-20-29)28(17-12-22-6-4-3-5-7-22)32-26-15-10-24(11-16-26)19-21-30/h3-11,13-16H,2,12,17-19H2,1H3. The molecule has 0 aliphatic rings. The summed E-state index contributed by atoms with van der Waals surface area (Å²) in [4.78, 5) is 9.84. The molecule has 0 fully saturated rings. The summed E-state index contributed by atoms with van der Waals surface area (Å²) in [6.45, 7) is 2.09. The minimum absolute atomic E-state index is 0.397. The van der Waals surface area contributed by atoms with Crippen LogP contribution < -0.4 is 0 Å². The quantitative estimate of drug-likeness (QED) is 0.362. The fourth-order valence-electron chi connectivity index (χ4n) is 3.39. The molecule has 0 heterocycles. The van der Waals surface area contributed by atoms with Crippen molar-refractivity contribution in [3.05, 3.63) is 95.6 Å². The van der Waals surface area contributed by atoms with E-state index in [9.17, 15) is 0 Å². The van der Waals surface area contributed by atoms with E-state index >= 15 is 0 Å². The fraction of sp³-hybridized carbons (Fsp3) is 0.214. The van der Waals surface area contributed by atoms with Crippen LogP contribution in [-0.4, -0.2) is 11.4 Å². The van der Waals surface area contributed by atoms with Crippen molar-refractivity contribution in [3.63, 3.8) is 0 Å². The molecule has 3 aromatic rings. The lowest BCUT2D eigenvalue weighted by atomic mass is 10.0. The zero-order valence-corrected chi connectivity index (χ0v) is 18.3. The molecule has 3 aromatic carbocycles. The predicted molar refractivity (Wildman–Crippen MR) is 131 cm³/mol. The lowest BCUT2D eigenvalue weighted by molar-refractivity contribution is 1.04. The Morgan fingerprint density at radius 2 is 1.16 bits per heavy atom. The summed E-state index contributed by atoms with van der Waals surface area (Å²) in [5, 5.41) is 17.8. The summed E-state index contributed by atoms with van der Waals surface area (Å²) >= 11 is 0. The van der Waals surface area contributed by atoms with Gasteiger partial charge in [-0.1, -0.05) is 61.5 Å². The number of rotatable bonds is 9. The third-order valence-corrected chi connectivity index (χ3v) is 5.13. The molecule has 0 saturated heterocycles. The van der Waals surface area contributed by atoms with Crippen molar-refractivity contribution in [2.75, 3.05) is 0 Å². The maximum Gasteiger partial charge on any atom is 0.0669 e. The molecule has 0 amide bonds. The molecular formula is C28H26N4. The summed E-state index contributed by atoms with van der Waals surface area (Å²) in [6.07, 6.45) is 3.22. The van der Waals surface area contributed by atoms with Gasteiger partial charge in [-0.25, -0.2) is 0 Å². The summed E-state index contributed by atoms with van der Waals surface area (Å²) < 4.78 is 0. The molecule has 0 atom stereocenters. The molecule has 4 nitrogen and oxygen atoms in total. The van der Waals surface area contributed by atoms with E-state index in [1.807, 2.05) is 54.6 Å². The van der Waals surface area contributed by atoms with E-state index in [4.69, 9.17) is 20.5 Å². The normalized spacial score (nSPS) is 11.6. The maximum absolute atomic E-state index is 8.90. The van der Waals surface area contributed by atoms with Gasteiger partial charge in [0.1, 0.15) is 0 Å². The SMILES string of the molecule is CCC(=Nc1ccc(CC#N)cc1)C(CCc1ccccc1)=Nc1ccc(CC#N)cc1. The van der Waals surface area contributed by atoms with Gasteiger partial charge in [-0.2, -0.15) is 10.5 Å². The van der Waals surface area contributed by atoms with Crippen LogP contribution in [0.5, 0.6) is 0 Å². The van der Waals surface area contributed by atoms with Crippen LogP contribution in [0.2, 0.25) is 0 Å². The van der Waals surface area contributed by atoms with Crippen LogP contribution in [-0.2, 0) is 19.3 Å². The Labute approximate surface area is 190 Å². The van der Waals surface area contributed by atoms with Gasteiger partial charge in [-0.05, 0) is 60.2 Å². The van der Waals surface area contributed by atoms with Crippen LogP contribution in [0.3, 0.4) is 0 Å². The van der Waals surface area contributed by atoms with Crippen molar-refractivity contribution < 1.29 is 0 Å². The number of hydrogen-bond acceptors (Lipinski definition) is 4. The van der Waals surface area contributed by atoms with Crippen LogP contribution in [0.15, 0.2) is 88.8 Å². The molecule has 0 bridgehead atoms. The molecule has 0 aromatic heterocycles. The van der Waals surface area contributed by atoms with Crippen molar-refractivity contribution in [2.24, 2.45) is 9.98 Å². The Morgan fingerprint density at radius 3 is 1.62 bits per heavy atom. The Kier molecular flexibility index (Phi) is 8.49. The minimum atomic E-state index is 0.397. The number of nitrogens with zero attached hydrogens (tertiary/aromatic N) is 4. The molecular weight excluding hydrogens is 392 g/mol. The summed E-state index contributed by atoms with van der Waals surface area (Å²) in [5.41, 5.74) is 6.88. The average molecular weight is 419 g/mol. The zero-order valence-electron chi connectivity index (χ0n) is 18.3. The molecule has 0 aliphatic carbocycles. The highest BCUT2D eigenvalue weighted by Gasteiger charge is 2.10. The van der Waals surface area contributed by atoms with Gasteiger partial charge in [-0.15, -0.1) is 0 Å². The highest BCUT2D eigenvalue weighted by Crippen LogP contribution is 2.19. The molecule has 3 rings (SSSR count). The second kappa shape index (κ2) is 12.0. The average Bonchev–Trinajstić information content (AvgIpc) is 2.83. The van der Waals surface area contributed by atoms with Crippen LogP contribution in [0.1, 0.15) is 36.5 Å². The monoisotopic (exact) mass is 418 g/mol. The van der Waals surface area contributed by atoms with Gasteiger partial charge >= 0.3 is 0 Å². The molecule has 0 N–H and O–H groups in total. The van der Waals surface area contributed by atoms with Gasteiger partial charge in [0.05, 0.1) is 47.8 Å². The van der Waals surface area contributed by atoms with E-state index in [0.717, 1.165) is 53.2 Å². The molecule has 0 aliphatic heterocycles. The molecule has 4 heteroatoms. The first-order valence-corrected chi connectivity index (χ1v) is 10.8. The smallest absolute Gasteiger partial charge is 0.0669 e. The second-order valence-corrected chi connectivity index (χ2v) is 7.46. The predicted octanol–water partition coefficient (Wildman–Crippen LogP) is 6.71. The van der Waals surface area contributed by atoms with Gasteiger partial charge in [0, 0.05) is 0 Å². The molecule has 0 saturated carbocycles. The Bertz CT molecular complexity index is 1140. The number of aryl methyl sites for hydroxylation is 1. The number of benzene rings is 3. The van der Waals surface area contributed by atoms with Crippen LogP contribution in [0.25, 0.3) is 0 Å². The Morgan fingerprint density at radius 1 is 0.656 bits per heavy atom. The maximum atomic E-state index is 8.90. The Balaban J connectivity index is 1.91. The third-order valence-electron chi connectivity index (χ3n) is 5.13. The lowest BCUT2D eigenvalue weighted by Gasteiger charge is -2.10.